The molecule has 0 bridgehead atoms. The zero-order chi connectivity index (χ0) is 18.0. The summed E-state index contributed by atoms with van der Waals surface area (Å²) in [5.74, 6) is -0.551. The van der Waals surface area contributed by atoms with Crippen molar-refractivity contribution in [2.75, 3.05) is 26.1 Å². The van der Waals surface area contributed by atoms with Crippen molar-refractivity contribution in [3.63, 3.8) is 0 Å². The second-order valence-corrected chi connectivity index (χ2v) is 6.16. The summed E-state index contributed by atoms with van der Waals surface area (Å²) in [4.78, 5) is 14.1. The van der Waals surface area contributed by atoms with Crippen LogP contribution in [0.5, 0.6) is 5.75 Å². The quantitative estimate of drug-likeness (QED) is 0.733. The summed E-state index contributed by atoms with van der Waals surface area (Å²) in [5.41, 5.74) is 3.08. The van der Waals surface area contributed by atoms with Gasteiger partial charge in [0.15, 0.2) is 0 Å². The number of nitrogens with zero attached hydrogens (tertiary/aromatic N) is 1. The molecule has 0 radical (unpaired) electrons. The highest BCUT2D eigenvalue weighted by Gasteiger charge is 2.19. The van der Waals surface area contributed by atoms with E-state index >= 15 is 0 Å². The maximum absolute atomic E-state index is 12.1. The van der Waals surface area contributed by atoms with Crippen LogP contribution in [0.15, 0.2) is 54.6 Å². The van der Waals surface area contributed by atoms with Crippen LogP contribution < -0.4 is 4.90 Å². The number of fused-ring (bicyclic) bond motifs is 1. The third-order valence-electron chi connectivity index (χ3n) is 4.37. The molecule has 4 nitrogen and oxygen atoms in total. The van der Waals surface area contributed by atoms with Crippen molar-refractivity contribution in [2.45, 2.75) is 6.42 Å². The van der Waals surface area contributed by atoms with Crippen LogP contribution in [0, 0.1) is 0 Å². The number of carbonyl (C=O) groups is 1. The molecule has 0 atom stereocenters. The first-order valence-corrected chi connectivity index (χ1v) is 8.10. The second kappa shape index (κ2) is 6.85. The standard InChI is InChI=1S/C21H21NO3/c1-22(2)19-11-7-5-9-15(19)13-17-16-10-6-4-8-14(16)12-18(20(17)23)21(24)25-3/h4-12,23H,13H2,1-3H3. The molecule has 0 saturated carbocycles. The molecule has 0 fully saturated rings. The van der Waals surface area contributed by atoms with E-state index in [1.54, 1.807) is 6.07 Å². The first-order chi connectivity index (χ1) is 12.0. The fraction of sp³-hybridized carbons (Fsp3) is 0.190. The summed E-state index contributed by atoms with van der Waals surface area (Å²) in [5, 5.41) is 12.6. The van der Waals surface area contributed by atoms with Crippen LogP contribution in [0.3, 0.4) is 0 Å². The molecule has 3 rings (SSSR count). The average molecular weight is 335 g/mol. The Morgan fingerprint density at radius 3 is 2.48 bits per heavy atom. The number of ether oxygens (including phenoxy) is 1. The number of rotatable bonds is 4. The van der Waals surface area contributed by atoms with Gasteiger partial charge in [0, 0.05) is 31.8 Å². The predicted molar refractivity (Wildman–Crippen MR) is 101 cm³/mol. The Morgan fingerprint density at radius 2 is 1.76 bits per heavy atom. The maximum Gasteiger partial charge on any atom is 0.341 e. The van der Waals surface area contributed by atoms with Crippen molar-refractivity contribution in [2.24, 2.45) is 0 Å². The molecular weight excluding hydrogens is 314 g/mol. The normalized spacial score (nSPS) is 10.7. The smallest absolute Gasteiger partial charge is 0.341 e. The Bertz CT molecular complexity index is 932. The molecule has 0 unspecified atom stereocenters. The lowest BCUT2D eigenvalue weighted by atomic mass is 9.93. The predicted octanol–water partition coefficient (Wildman–Crippen LogP) is 3.99. The fourth-order valence-corrected chi connectivity index (χ4v) is 3.14. The summed E-state index contributed by atoms with van der Waals surface area (Å²) < 4.78 is 4.83. The molecule has 0 amide bonds. The molecule has 4 heteroatoms. The number of para-hydroxylation sites is 1. The number of esters is 1. The van der Waals surface area contributed by atoms with Gasteiger partial charge in [-0.2, -0.15) is 0 Å². The monoisotopic (exact) mass is 335 g/mol. The highest BCUT2D eigenvalue weighted by Crippen LogP contribution is 2.35. The van der Waals surface area contributed by atoms with Crippen LogP contribution in [0.1, 0.15) is 21.5 Å². The van der Waals surface area contributed by atoms with E-state index in [-0.39, 0.29) is 11.3 Å². The molecule has 0 aromatic heterocycles. The molecule has 3 aromatic carbocycles. The lowest BCUT2D eigenvalue weighted by Crippen LogP contribution is -2.11. The minimum atomic E-state index is -0.537. The number of anilines is 1. The molecular formula is C21H21NO3. The topological polar surface area (TPSA) is 49.8 Å². The third kappa shape index (κ3) is 3.15. The van der Waals surface area contributed by atoms with Gasteiger partial charge in [-0.05, 0) is 28.5 Å². The van der Waals surface area contributed by atoms with Crippen LogP contribution in [0.4, 0.5) is 5.69 Å². The van der Waals surface area contributed by atoms with E-state index in [9.17, 15) is 9.90 Å². The number of benzene rings is 3. The number of phenols is 1. The van der Waals surface area contributed by atoms with Gasteiger partial charge in [0.2, 0.25) is 0 Å². The van der Waals surface area contributed by atoms with Crippen molar-refractivity contribution in [1.82, 2.24) is 0 Å². The van der Waals surface area contributed by atoms with E-state index in [0.29, 0.717) is 6.42 Å². The first-order valence-electron chi connectivity index (χ1n) is 8.10. The van der Waals surface area contributed by atoms with Gasteiger partial charge in [-0.3, -0.25) is 0 Å². The Hall–Kier alpha value is -3.01. The van der Waals surface area contributed by atoms with Crippen molar-refractivity contribution in [3.05, 3.63) is 71.3 Å². The van der Waals surface area contributed by atoms with Gasteiger partial charge < -0.3 is 14.7 Å². The molecule has 25 heavy (non-hydrogen) atoms. The van der Waals surface area contributed by atoms with Gasteiger partial charge in [0.25, 0.3) is 0 Å². The van der Waals surface area contributed by atoms with Crippen LogP contribution in [-0.2, 0) is 11.2 Å². The van der Waals surface area contributed by atoms with Crippen LogP contribution >= 0.6 is 0 Å². The van der Waals surface area contributed by atoms with Crippen LogP contribution in [0.2, 0.25) is 0 Å². The summed E-state index contributed by atoms with van der Waals surface area (Å²) in [6, 6.07) is 17.5. The van der Waals surface area contributed by atoms with E-state index < -0.39 is 5.97 Å². The molecule has 0 aliphatic heterocycles. The summed E-state index contributed by atoms with van der Waals surface area (Å²) in [6.07, 6.45) is 0.519. The number of hydrogen-bond acceptors (Lipinski definition) is 4. The molecule has 0 aliphatic rings. The zero-order valence-corrected chi connectivity index (χ0v) is 14.6. The van der Waals surface area contributed by atoms with Crippen LogP contribution in [0.25, 0.3) is 10.8 Å². The minimum absolute atomic E-state index is 0.0147. The summed E-state index contributed by atoms with van der Waals surface area (Å²) >= 11 is 0. The fourth-order valence-electron chi connectivity index (χ4n) is 3.14. The van der Waals surface area contributed by atoms with E-state index in [0.717, 1.165) is 27.6 Å². The van der Waals surface area contributed by atoms with Gasteiger partial charge in [-0.15, -0.1) is 0 Å². The Kier molecular flexibility index (Phi) is 4.61. The molecule has 3 aromatic rings. The number of hydrogen-bond donors (Lipinski definition) is 1. The number of phenolic OH excluding ortho intramolecular Hbond substituents is 1. The van der Waals surface area contributed by atoms with Gasteiger partial charge in [0.05, 0.1) is 7.11 Å². The minimum Gasteiger partial charge on any atom is -0.507 e. The van der Waals surface area contributed by atoms with Crippen LogP contribution in [-0.4, -0.2) is 32.3 Å². The number of methoxy groups -OCH3 is 1. The molecule has 0 aliphatic carbocycles. The lowest BCUT2D eigenvalue weighted by Gasteiger charge is -2.19. The van der Waals surface area contributed by atoms with Gasteiger partial charge >= 0.3 is 5.97 Å². The highest BCUT2D eigenvalue weighted by molar-refractivity contribution is 6.00. The molecule has 0 spiro atoms. The summed E-state index contributed by atoms with van der Waals surface area (Å²) in [7, 11) is 5.29. The Morgan fingerprint density at radius 1 is 1.08 bits per heavy atom. The van der Waals surface area contributed by atoms with E-state index in [2.05, 4.69) is 0 Å². The van der Waals surface area contributed by atoms with Crippen molar-refractivity contribution in [1.29, 1.82) is 0 Å². The second-order valence-electron chi connectivity index (χ2n) is 6.16. The molecule has 0 saturated heterocycles. The van der Waals surface area contributed by atoms with Crippen molar-refractivity contribution in [3.8, 4) is 5.75 Å². The molecule has 1 N–H and O–H groups in total. The van der Waals surface area contributed by atoms with Gasteiger partial charge in [0.1, 0.15) is 11.3 Å². The van der Waals surface area contributed by atoms with Gasteiger partial charge in [-0.1, -0.05) is 42.5 Å². The average Bonchev–Trinajstić information content (AvgIpc) is 2.63. The van der Waals surface area contributed by atoms with Crippen molar-refractivity contribution < 1.29 is 14.6 Å². The van der Waals surface area contributed by atoms with E-state index in [1.807, 2.05) is 67.5 Å². The largest absolute Gasteiger partial charge is 0.507 e. The molecule has 0 heterocycles. The van der Waals surface area contributed by atoms with E-state index in [4.69, 9.17) is 4.74 Å². The summed E-state index contributed by atoms with van der Waals surface area (Å²) in [6.45, 7) is 0. The van der Waals surface area contributed by atoms with E-state index in [1.165, 1.54) is 7.11 Å². The lowest BCUT2D eigenvalue weighted by molar-refractivity contribution is 0.0597. The molecule has 128 valence electrons. The number of aromatic hydroxyl groups is 1. The Balaban J connectivity index is 2.22. The number of carbonyl (C=O) groups excluding carboxylic acids is 1. The SMILES string of the molecule is COC(=O)c1cc2ccccc2c(Cc2ccccc2N(C)C)c1O. The van der Waals surface area contributed by atoms with Crippen molar-refractivity contribution >= 4 is 22.4 Å². The maximum atomic E-state index is 12.1. The Labute approximate surface area is 147 Å². The van der Waals surface area contributed by atoms with Gasteiger partial charge in [-0.25, -0.2) is 4.79 Å². The first kappa shape index (κ1) is 16.8. The third-order valence-corrected chi connectivity index (χ3v) is 4.37. The highest BCUT2D eigenvalue weighted by atomic mass is 16.5. The zero-order valence-electron chi connectivity index (χ0n) is 14.6.